The molecule has 162 valence electrons. The van der Waals surface area contributed by atoms with Gasteiger partial charge in [0.15, 0.2) is 5.82 Å². The predicted molar refractivity (Wildman–Crippen MR) is 106 cm³/mol. The van der Waals surface area contributed by atoms with Crippen molar-refractivity contribution in [3.8, 4) is 0 Å². The largest absolute Gasteiger partial charge is 0.416 e. The van der Waals surface area contributed by atoms with Crippen LogP contribution in [-0.4, -0.2) is 22.0 Å². The first-order valence-electron chi connectivity index (χ1n) is 9.34. The molecule has 0 aliphatic carbocycles. The maximum absolute atomic E-state index is 12.6. The number of aromatic nitrogens is 2. The molecule has 7 nitrogen and oxygen atoms in total. The molecule has 0 unspecified atom stereocenters. The Bertz CT molecular complexity index is 1040. The normalized spacial score (nSPS) is 11.2. The van der Waals surface area contributed by atoms with Crippen LogP contribution in [0.3, 0.4) is 0 Å². The van der Waals surface area contributed by atoms with Crippen molar-refractivity contribution in [2.75, 3.05) is 10.6 Å². The first-order chi connectivity index (χ1) is 14.7. The van der Waals surface area contributed by atoms with Crippen molar-refractivity contribution in [1.82, 2.24) is 10.1 Å². The number of alkyl halides is 3. The lowest BCUT2D eigenvalue weighted by Gasteiger charge is -2.08. The van der Waals surface area contributed by atoms with Crippen molar-refractivity contribution in [3.63, 3.8) is 0 Å². The van der Waals surface area contributed by atoms with Crippen molar-refractivity contribution in [1.29, 1.82) is 0 Å². The lowest BCUT2D eigenvalue weighted by molar-refractivity contribution is -0.137. The van der Waals surface area contributed by atoms with Gasteiger partial charge in [-0.05, 0) is 42.0 Å². The summed E-state index contributed by atoms with van der Waals surface area (Å²) >= 11 is 0. The molecule has 0 fully saturated rings. The van der Waals surface area contributed by atoms with E-state index in [1.807, 2.05) is 12.1 Å². The highest BCUT2D eigenvalue weighted by atomic mass is 19.4. The summed E-state index contributed by atoms with van der Waals surface area (Å²) in [6, 6.07) is 11.4. The van der Waals surface area contributed by atoms with Gasteiger partial charge >= 0.3 is 6.18 Å². The van der Waals surface area contributed by atoms with Crippen LogP contribution in [0.5, 0.6) is 0 Å². The van der Waals surface area contributed by atoms with Crippen LogP contribution in [0, 0.1) is 0 Å². The molecule has 0 radical (unpaired) electrons. The summed E-state index contributed by atoms with van der Waals surface area (Å²) in [6.07, 6.45) is -3.78. The summed E-state index contributed by atoms with van der Waals surface area (Å²) in [4.78, 5) is 27.3. The Labute approximate surface area is 175 Å². The SMILES string of the molecule is CC(=O)Nc1ccc(Cc2noc(CCC(=O)Nc3ccc(C(F)(F)F)cc3)n2)cc1. The van der Waals surface area contributed by atoms with Crippen LogP contribution < -0.4 is 10.6 Å². The lowest BCUT2D eigenvalue weighted by Crippen LogP contribution is -2.13. The highest BCUT2D eigenvalue weighted by Crippen LogP contribution is 2.29. The predicted octanol–water partition coefficient (Wildman–Crippen LogP) is 4.21. The molecule has 10 heteroatoms. The highest BCUT2D eigenvalue weighted by molar-refractivity contribution is 5.90. The minimum atomic E-state index is -4.42. The zero-order valence-electron chi connectivity index (χ0n) is 16.5. The molecule has 0 bridgehead atoms. The summed E-state index contributed by atoms with van der Waals surface area (Å²) < 4.78 is 42.8. The van der Waals surface area contributed by atoms with Crippen molar-refractivity contribution in [2.45, 2.75) is 32.4 Å². The number of hydrogen-bond donors (Lipinski definition) is 2. The van der Waals surface area contributed by atoms with Gasteiger partial charge in [0, 0.05) is 37.6 Å². The number of amides is 2. The molecule has 0 saturated heterocycles. The van der Waals surface area contributed by atoms with Crippen molar-refractivity contribution in [3.05, 3.63) is 71.4 Å². The van der Waals surface area contributed by atoms with Crippen LogP contribution in [-0.2, 0) is 28.6 Å². The van der Waals surface area contributed by atoms with Crippen LogP contribution >= 0.6 is 0 Å². The third-order valence-corrected chi connectivity index (χ3v) is 4.21. The topological polar surface area (TPSA) is 97.1 Å². The molecular weight excluding hydrogens is 413 g/mol. The smallest absolute Gasteiger partial charge is 0.339 e. The minimum Gasteiger partial charge on any atom is -0.339 e. The molecule has 31 heavy (non-hydrogen) atoms. The average molecular weight is 432 g/mol. The highest BCUT2D eigenvalue weighted by Gasteiger charge is 2.30. The number of hydrogen-bond acceptors (Lipinski definition) is 5. The first kappa shape index (κ1) is 22.0. The van der Waals surface area contributed by atoms with E-state index in [2.05, 4.69) is 20.8 Å². The summed E-state index contributed by atoms with van der Waals surface area (Å²) in [5.41, 5.74) is 1.09. The van der Waals surface area contributed by atoms with Crippen LogP contribution in [0.25, 0.3) is 0 Å². The number of aryl methyl sites for hydroxylation is 1. The number of carbonyl (C=O) groups is 2. The maximum Gasteiger partial charge on any atom is 0.416 e. The Morgan fingerprint density at radius 2 is 1.58 bits per heavy atom. The molecule has 2 amide bonds. The Morgan fingerprint density at radius 1 is 0.968 bits per heavy atom. The van der Waals surface area contributed by atoms with E-state index in [1.165, 1.54) is 19.1 Å². The lowest BCUT2D eigenvalue weighted by atomic mass is 10.1. The van der Waals surface area contributed by atoms with Gasteiger partial charge in [0.2, 0.25) is 17.7 Å². The van der Waals surface area contributed by atoms with Crippen LogP contribution in [0.4, 0.5) is 24.5 Å². The standard InChI is InChI=1S/C21H19F3N4O3/c1-13(29)25-16-6-2-14(3-7-16)12-18-27-20(31-28-18)11-10-19(30)26-17-8-4-15(5-9-17)21(22,23)24/h2-9H,10-12H2,1H3,(H,25,29)(H,26,30). The number of benzene rings is 2. The molecule has 0 aliphatic heterocycles. The number of nitrogens with zero attached hydrogens (tertiary/aromatic N) is 2. The van der Waals surface area contributed by atoms with Gasteiger partial charge in [0.1, 0.15) is 0 Å². The van der Waals surface area contributed by atoms with E-state index in [-0.39, 0.29) is 36.2 Å². The number of halogens is 3. The fraction of sp³-hybridized carbons (Fsp3) is 0.238. The second-order valence-electron chi connectivity index (χ2n) is 6.78. The second kappa shape index (κ2) is 9.41. The van der Waals surface area contributed by atoms with E-state index in [0.29, 0.717) is 17.9 Å². The van der Waals surface area contributed by atoms with E-state index in [1.54, 1.807) is 12.1 Å². The van der Waals surface area contributed by atoms with Gasteiger partial charge < -0.3 is 15.2 Å². The Kier molecular flexibility index (Phi) is 6.68. The van der Waals surface area contributed by atoms with Crippen molar-refractivity contribution in [2.24, 2.45) is 0 Å². The second-order valence-corrected chi connectivity index (χ2v) is 6.78. The molecular formula is C21H19F3N4O3. The fourth-order valence-corrected chi connectivity index (χ4v) is 2.74. The third-order valence-electron chi connectivity index (χ3n) is 4.21. The third kappa shape index (κ3) is 6.66. The van der Waals surface area contributed by atoms with Crippen LogP contribution in [0.15, 0.2) is 53.1 Å². The minimum absolute atomic E-state index is 0.0358. The Hall–Kier alpha value is -3.69. The molecule has 0 spiro atoms. The number of nitrogens with one attached hydrogen (secondary N) is 2. The monoisotopic (exact) mass is 432 g/mol. The summed E-state index contributed by atoms with van der Waals surface area (Å²) in [7, 11) is 0. The molecule has 0 atom stereocenters. The van der Waals surface area contributed by atoms with Crippen LogP contribution in [0.1, 0.15) is 36.2 Å². The zero-order valence-corrected chi connectivity index (χ0v) is 16.5. The Balaban J connectivity index is 1.48. The zero-order chi connectivity index (χ0) is 22.4. The molecule has 3 rings (SSSR count). The van der Waals surface area contributed by atoms with Gasteiger partial charge in [-0.2, -0.15) is 18.2 Å². The molecule has 1 heterocycles. The van der Waals surface area contributed by atoms with Crippen molar-refractivity contribution >= 4 is 23.2 Å². The molecule has 2 aromatic carbocycles. The van der Waals surface area contributed by atoms with Crippen molar-refractivity contribution < 1.29 is 27.3 Å². The summed E-state index contributed by atoms with van der Waals surface area (Å²) in [6.45, 7) is 1.43. The van der Waals surface area contributed by atoms with Gasteiger partial charge in [-0.3, -0.25) is 9.59 Å². The van der Waals surface area contributed by atoms with Gasteiger partial charge in [-0.1, -0.05) is 17.3 Å². The van der Waals surface area contributed by atoms with Gasteiger partial charge in [0.05, 0.1) is 5.56 Å². The van der Waals surface area contributed by atoms with E-state index >= 15 is 0 Å². The summed E-state index contributed by atoms with van der Waals surface area (Å²) in [5.74, 6) is 0.198. The van der Waals surface area contributed by atoms with E-state index in [0.717, 1.165) is 17.7 Å². The number of carbonyl (C=O) groups excluding carboxylic acids is 2. The summed E-state index contributed by atoms with van der Waals surface area (Å²) in [5, 5.41) is 9.09. The molecule has 2 N–H and O–H groups in total. The first-order valence-corrected chi connectivity index (χ1v) is 9.34. The number of anilines is 2. The number of rotatable bonds is 7. The maximum atomic E-state index is 12.6. The average Bonchev–Trinajstić information content (AvgIpc) is 3.15. The quantitative estimate of drug-likeness (QED) is 0.583. The molecule has 3 aromatic rings. The van der Waals surface area contributed by atoms with Gasteiger partial charge in [-0.25, -0.2) is 0 Å². The van der Waals surface area contributed by atoms with Crippen LogP contribution in [0.2, 0.25) is 0 Å². The van der Waals surface area contributed by atoms with E-state index < -0.39 is 11.7 Å². The van der Waals surface area contributed by atoms with E-state index in [9.17, 15) is 22.8 Å². The van der Waals surface area contributed by atoms with Gasteiger partial charge in [0.25, 0.3) is 0 Å². The molecule has 1 aromatic heterocycles. The van der Waals surface area contributed by atoms with Gasteiger partial charge in [-0.15, -0.1) is 0 Å². The molecule has 0 aliphatic rings. The fourth-order valence-electron chi connectivity index (χ4n) is 2.74. The molecule has 0 saturated carbocycles. The Morgan fingerprint density at radius 3 is 2.19 bits per heavy atom. The van der Waals surface area contributed by atoms with E-state index in [4.69, 9.17) is 4.52 Å².